The summed E-state index contributed by atoms with van der Waals surface area (Å²) in [6.45, 7) is 3.13. The molecule has 96 valence electrons. The Kier molecular flexibility index (Phi) is 5.22. The topological polar surface area (TPSA) is 50.7 Å². The predicted molar refractivity (Wildman–Crippen MR) is 76.6 cm³/mol. The first-order chi connectivity index (χ1) is 8.79. The van der Waals surface area contributed by atoms with Gasteiger partial charge in [-0.1, -0.05) is 6.92 Å². The number of nitrogens with zero attached hydrogens (tertiary/aromatic N) is 3. The third kappa shape index (κ3) is 3.83. The lowest BCUT2D eigenvalue weighted by molar-refractivity contribution is 0.520. The summed E-state index contributed by atoms with van der Waals surface area (Å²) in [5.74, 6) is 0. The molecule has 0 aliphatic heterocycles. The zero-order valence-corrected chi connectivity index (χ0v) is 12.5. The third-order valence-corrected chi connectivity index (χ3v) is 3.50. The van der Waals surface area contributed by atoms with Gasteiger partial charge in [0.2, 0.25) is 0 Å². The minimum Gasteiger partial charge on any atom is -0.308 e. The van der Waals surface area contributed by atoms with Crippen molar-refractivity contribution in [1.29, 1.82) is 0 Å². The molecular formula is C12H15BrN4S. The zero-order valence-electron chi connectivity index (χ0n) is 10.1. The van der Waals surface area contributed by atoms with Crippen molar-refractivity contribution in [2.75, 3.05) is 6.54 Å². The summed E-state index contributed by atoms with van der Waals surface area (Å²) in [4.78, 5) is 4.19. The maximum absolute atomic E-state index is 4.32. The smallest absolute Gasteiger partial charge is 0.0915 e. The lowest BCUT2D eigenvalue weighted by Crippen LogP contribution is -2.24. The zero-order chi connectivity index (χ0) is 12.8. The van der Waals surface area contributed by atoms with Gasteiger partial charge >= 0.3 is 0 Å². The molecule has 6 heteroatoms. The average molecular weight is 327 g/mol. The number of hydrogen-bond acceptors (Lipinski definition) is 5. The molecule has 1 unspecified atom stereocenters. The highest BCUT2D eigenvalue weighted by Gasteiger charge is 2.14. The van der Waals surface area contributed by atoms with Gasteiger partial charge < -0.3 is 5.32 Å². The lowest BCUT2D eigenvalue weighted by atomic mass is 10.1. The first-order valence-electron chi connectivity index (χ1n) is 5.90. The molecule has 0 radical (unpaired) electrons. The van der Waals surface area contributed by atoms with Crippen LogP contribution in [0.5, 0.6) is 0 Å². The van der Waals surface area contributed by atoms with Crippen molar-refractivity contribution in [1.82, 2.24) is 19.0 Å². The lowest BCUT2D eigenvalue weighted by Gasteiger charge is -2.16. The highest BCUT2D eigenvalue weighted by Crippen LogP contribution is 2.18. The molecular weight excluding hydrogens is 312 g/mol. The van der Waals surface area contributed by atoms with Gasteiger partial charge in [0.15, 0.2) is 0 Å². The summed E-state index contributed by atoms with van der Waals surface area (Å²) in [7, 11) is 0. The van der Waals surface area contributed by atoms with E-state index in [9.17, 15) is 0 Å². The predicted octanol–water partition coefficient (Wildman–Crippen LogP) is 2.98. The fourth-order valence-corrected chi connectivity index (χ4v) is 2.61. The van der Waals surface area contributed by atoms with Crippen LogP contribution in [0.25, 0.3) is 0 Å². The van der Waals surface area contributed by atoms with Crippen LogP contribution < -0.4 is 5.32 Å². The van der Waals surface area contributed by atoms with E-state index in [0.717, 1.165) is 29.6 Å². The molecule has 2 aromatic rings. The fraction of sp³-hybridized carbons (Fsp3) is 0.417. The van der Waals surface area contributed by atoms with E-state index in [-0.39, 0.29) is 6.04 Å². The molecule has 18 heavy (non-hydrogen) atoms. The van der Waals surface area contributed by atoms with Gasteiger partial charge in [0, 0.05) is 16.9 Å². The largest absolute Gasteiger partial charge is 0.308 e. The van der Waals surface area contributed by atoms with Gasteiger partial charge in [-0.3, -0.25) is 4.98 Å². The van der Waals surface area contributed by atoms with Crippen LogP contribution in [0.4, 0.5) is 0 Å². The van der Waals surface area contributed by atoms with Crippen LogP contribution in [0.1, 0.15) is 30.6 Å². The van der Waals surface area contributed by atoms with Gasteiger partial charge in [-0.25, -0.2) is 0 Å². The van der Waals surface area contributed by atoms with E-state index in [1.807, 2.05) is 12.4 Å². The molecule has 2 rings (SSSR count). The molecule has 1 atom stereocenters. The summed E-state index contributed by atoms with van der Waals surface area (Å²) in [6.07, 6.45) is 7.50. The number of aromatic nitrogens is 3. The summed E-state index contributed by atoms with van der Waals surface area (Å²) in [5, 5.41) is 3.50. The molecule has 1 N–H and O–H groups in total. The highest BCUT2D eigenvalue weighted by molar-refractivity contribution is 9.10. The molecule has 0 spiro atoms. The van der Waals surface area contributed by atoms with Crippen molar-refractivity contribution in [3.8, 4) is 0 Å². The summed E-state index contributed by atoms with van der Waals surface area (Å²) < 4.78 is 9.41. The van der Waals surface area contributed by atoms with Crippen molar-refractivity contribution in [3.63, 3.8) is 0 Å². The van der Waals surface area contributed by atoms with Crippen molar-refractivity contribution < 1.29 is 0 Å². The number of nitrogens with one attached hydrogen (secondary N) is 1. The van der Waals surface area contributed by atoms with Crippen LogP contribution in [0.2, 0.25) is 0 Å². The van der Waals surface area contributed by atoms with E-state index in [2.05, 4.69) is 48.0 Å². The second-order valence-electron chi connectivity index (χ2n) is 4.05. The molecule has 0 aromatic carbocycles. The minimum atomic E-state index is 0.208. The van der Waals surface area contributed by atoms with Gasteiger partial charge in [-0.2, -0.15) is 8.75 Å². The van der Waals surface area contributed by atoms with Crippen LogP contribution in [-0.4, -0.2) is 20.3 Å². The van der Waals surface area contributed by atoms with Gasteiger partial charge in [0.1, 0.15) is 0 Å². The average Bonchev–Trinajstić information content (AvgIpc) is 2.88. The molecule has 2 heterocycles. The summed E-state index contributed by atoms with van der Waals surface area (Å²) in [6, 6.07) is 2.30. The van der Waals surface area contributed by atoms with Gasteiger partial charge in [0.25, 0.3) is 0 Å². The monoisotopic (exact) mass is 326 g/mol. The molecule has 0 aliphatic rings. The molecule has 0 aliphatic carbocycles. The SMILES string of the molecule is CCCNC(Cc1cncc(Br)c1)c1cnsn1. The van der Waals surface area contributed by atoms with Gasteiger partial charge in [-0.05, 0) is 46.9 Å². The Labute approximate surface area is 119 Å². The van der Waals surface area contributed by atoms with E-state index in [1.54, 1.807) is 6.20 Å². The normalized spacial score (nSPS) is 12.6. The van der Waals surface area contributed by atoms with Crippen LogP contribution in [0.15, 0.2) is 29.1 Å². The molecule has 2 aromatic heterocycles. The molecule has 0 fully saturated rings. The van der Waals surface area contributed by atoms with E-state index in [0.29, 0.717) is 0 Å². The van der Waals surface area contributed by atoms with E-state index in [4.69, 9.17) is 0 Å². The Balaban J connectivity index is 2.10. The fourth-order valence-electron chi connectivity index (χ4n) is 1.73. The molecule has 0 amide bonds. The Morgan fingerprint density at radius 2 is 2.28 bits per heavy atom. The van der Waals surface area contributed by atoms with Crippen molar-refractivity contribution in [2.24, 2.45) is 0 Å². The third-order valence-electron chi connectivity index (χ3n) is 2.58. The van der Waals surface area contributed by atoms with Crippen LogP contribution >= 0.6 is 27.7 Å². The van der Waals surface area contributed by atoms with Crippen molar-refractivity contribution in [2.45, 2.75) is 25.8 Å². The molecule has 4 nitrogen and oxygen atoms in total. The Morgan fingerprint density at radius 3 is 2.94 bits per heavy atom. The second-order valence-corrected chi connectivity index (χ2v) is 5.53. The quantitative estimate of drug-likeness (QED) is 0.886. The van der Waals surface area contributed by atoms with Crippen molar-refractivity contribution >= 4 is 27.7 Å². The number of rotatable bonds is 6. The highest BCUT2D eigenvalue weighted by atomic mass is 79.9. The first kappa shape index (κ1) is 13.6. The standard InChI is InChI=1S/C12H15BrN4S/c1-2-3-15-11(12-8-16-18-17-12)5-9-4-10(13)7-14-6-9/h4,6-8,11,15H,2-3,5H2,1H3. The van der Waals surface area contributed by atoms with E-state index < -0.39 is 0 Å². The maximum Gasteiger partial charge on any atom is 0.0915 e. The Morgan fingerprint density at radius 1 is 1.39 bits per heavy atom. The van der Waals surface area contributed by atoms with Crippen LogP contribution in [0.3, 0.4) is 0 Å². The summed E-state index contributed by atoms with van der Waals surface area (Å²) in [5.41, 5.74) is 2.19. The van der Waals surface area contributed by atoms with Crippen LogP contribution in [-0.2, 0) is 6.42 Å². The maximum atomic E-state index is 4.32. The number of halogens is 1. The van der Waals surface area contributed by atoms with E-state index in [1.165, 1.54) is 17.3 Å². The molecule has 0 saturated carbocycles. The second kappa shape index (κ2) is 6.92. The Hall–Kier alpha value is -0.850. The molecule has 0 saturated heterocycles. The molecule has 0 bridgehead atoms. The van der Waals surface area contributed by atoms with Crippen molar-refractivity contribution in [3.05, 3.63) is 40.4 Å². The van der Waals surface area contributed by atoms with Gasteiger partial charge in [0.05, 0.1) is 29.7 Å². The Bertz CT molecular complexity index is 475. The van der Waals surface area contributed by atoms with Gasteiger partial charge in [-0.15, -0.1) is 0 Å². The number of pyridine rings is 1. The van der Waals surface area contributed by atoms with E-state index >= 15 is 0 Å². The summed E-state index contributed by atoms with van der Waals surface area (Å²) >= 11 is 4.69. The van der Waals surface area contributed by atoms with Crippen LogP contribution in [0, 0.1) is 0 Å². The first-order valence-corrected chi connectivity index (χ1v) is 7.42. The number of hydrogen-bond donors (Lipinski definition) is 1. The minimum absolute atomic E-state index is 0.208.